The minimum absolute atomic E-state index is 0.327. The van der Waals surface area contributed by atoms with Gasteiger partial charge in [-0.15, -0.1) is 0 Å². The quantitative estimate of drug-likeness (QED) is 0.746. The second-order valence-electron chi connectivity index (χ2n) is 3.77. The maximum atomic E-state index is 5.81. The summed E-state index contributed by atoms with van der Waals surface area (Å²) in [6.07, 6.45) is 3.01. The summed E-state index contributed by atoms with van der Waals surface area (Å²) in [7, 11) is 2.09. The number of thioether (sulfide) groups is 1. The summed E-state index contributed by atoms with van der Waals surface area (Å²) in [5.74, 6) is 3.38. The maximum absolute atomic E-state index is 5.81. The first-order valence-electron chi connectivity index (χ1n) is 4.98. The van der Waals surface area contributed by atoms with E-state index in [1.165, 1.54) is 17.9 Å². The highest BCUT2D eigenvalue weighted by atomic mass is 35.5. The minimum Gasteiger partial charge on any atom is -0.355 e. The van der Waals surface area contributed by atoms with Crippen LogP contribution in [-0.4, -0.2) is 34.6 Å². The van der Waals surface area contributed by atoms with Gasteiger partial charge in [0.2, 0.25) is 5.28 Å². The third kappa shape index (κ3) is 2.37. The normalized spacial score (nSPS) is 20.6. The molecule has 0 saturated carbocycles. The minimum atomic E-state index is 0.327. The molecule has 0 aromatic carbocycles. The van der Waals surface area contributed by atoms with Crippen molar-refractivity contribution in [3.8, 4) is 0 Å². The fraction of sp³-hybridized carbons (Fsp3) is 0.600. The van der Waals surface area contributed by atoms with Gasteiger partial charge < -0.3 is 4.90 Å². The van der Waals surface area contributed by atoms with Crippen molar-refractivity contribution in [1.82, 2.24) is 9.97 Å². The fourth-order valence-corrected chi connectivity index (χ4v) is 3.17. The average Bonchev–Trinajstić information content (AvgIpc) is 2.74. The number of halogens is 1. The van der Waals surface area contributed by atoms with Crippen LogP contribution in [0.1, 0.15) is 12.0 Å². The summed E-state index contributed by atoms with van der Waals surface area (Å²) in [5.41, 5.74) is 1.08. The van der Waals surface area contributed by atoms with Gasteiger partial charge in [0.15, 0.2) is 0 Å². The first-order chi connectivity index (χ1) is 7.18. The highest BCUT2D eigenvalue weighted by molar-refractivity contribution is 7.99. The van der Waals surface area contributed by atoms with Crippen molar-refractivity contribution in [2.75, 3.05) is 23.5 Å². The van der Waals surface area contributed by atoms with Crippen molar-refractivity contribution < 1.29 is 0 Å². The summed E-state index contributed by atoms with van der Waals surface area (Å²) in [6.45, 7) is 2.02. The van der Waals surface area contributed by atoms with Gasteiger partial charge in [-0.05, 0) is 30.7 Å². The van der Waals surface area contributed by atoms with E-state index in [9.17, 15) is 0 Å². The molecule has 0 spiro atoms. The van der Waals surface area contributed by atoms with Crippen LogP contribution >= 0.6 is 23.4 Å². The number of aryl methyl sites for hydroxylation is 1. The average molecular weight is 244 g/mol. The molecule has 1 unspecified atom stereocenters. The second-order valence-corrected chi connectivity index (χ2v) is 5.26. The molecule has 1 aromatic rings. The van der Waals surface area contributed by atoms with Crippen LogP contribution < -0.4 is 4.90 Å². The van der Waals surface area contributed by atoms with E-state index in [4.69, 9.17) is 11.6 Å². The van der Waals surface area contributed by atoms with Crippen LogP contribution in [0.5, 0.6) is 0 Å². The molecular formula is C10H14ClN3S. The Morgan fingerprint density at radius 1 is 1.60 bits per heavy atom. The summed E-state index contributed by atoms with van der Waals surface area (Å²) in [5, 5.41) is 0.327. The number of aromatic nitrogens is 2. The molecule has 1 aliphatic rings. The number of anilines is 1. The largest absolute Gasteiger partial charge is 0.355 e. The Morgan fingerprint density at radius 2 is 2.40 bits per heavy atom. The van der Waals surface area contributed by atoms with Gasteiger partial charge in [-0.2, -0.15) is 11.8 Å². The van der Waals surface area contributed by atoms with Crippen LogP contribution in [0, 0.1) is 6.92 Å². The van der Waals surface area contributed by atoms with Gasteiger partial charge in [0, 0.05) is 30.6 Å². The number of rotatable bonds is 2. The van der Waals surface area contributed by atoms with E-state index < -0.39 is 0 Å². The van der Waals surface area contributed by atoms with E-state index in [1.54, 1.807) is 6.20 Å². The summed E-state index contributed by atoms with van der Waals surface area (Å²) >= 11 is 7.81. The Kier molecular flexibility index (Phi) is 3.36. The van der Waals surface area contributed by atoms with E-state index in [0.29, 0.717) is 11.3 Å². The van der Waals surface area contributed by atoms with Crippen LogP contribution in [0.15, 0.2) is 6.20 Å². The Labute approximate surface area is 99.2 Å². The Hall–Kier alpha value is -0.480. The molecule has 1 aromatic heterocycles. The summed E-state index contributed by atoms with van der Waals surface area (Å²) in [6, 6.07) is 0.583. The van der Waals surface area contributed by atoms with Gasteiger partial charge >= 0.3 is 0 Å². The van der Waals surface area contributed by atoms with Crippen LogP contribution in [0.2, 0.25) is 5.28 Å². The predicted molar refractivity (Wildman–Crippen MR) is 65.9 cm³/mol. The highest BCUT2D eigenvalue weighted by Crippen LogP contribution is 2.26. The molecule has 1 aliphatic heterocycles. The van der Waals surface area contributed by atoms with E-state index in [0.717, 1.165) is 11.4 Å². The van der Waals surface area contributed by atoms with Gasteiger partial charge in [-0.3, -0.25) is 0 Å². The van der Waals surface area contributed by atoms with Gasteiger partial charge in [0.25, 0.3) is 0 Å². The summed E-state index contributed by atoms with van der Waals surface area (Å²) < 4.78 is 0. The smallest absolute Gasteiger partial charge is 0.224 e. The number of nitrogens with zero attached hydrogens (tertiary/aromatic N) is 3. The summed E-state index contributed by atoms with van der Waals surface area (Å²) in [4.78, 5) is 10.5. The molecule has 0 N–H and O–H groups in total. The van der Waals surface area contributed by atoms with Crippen molar-refractivity contribution in [3.05, 3.63) is 17.0 Å². The maximum Gasteiger partial charge on any atom is 0.224 e. The molecule has 2 heterocycles. The zero-order valence-electron chi connectivity index (χ0n) is 8.90. The molecule has 3 nitrogen and oxygen atoms in total. The Bertz CT molecular complexity index is 353. The van der Waals surface area contributed by atoms with Crippen molar-refractivity contribution >= 4 is 29.2 Å². The standard InChI is InChI=1S/C10H14ClN3S/c1-7-5-12-10(11)13-9(7)14(2)8-3-4-15-6-8/h5,8H,3-4,6H2,1-2H3. The van der Waals surface area contributed by atoms with Gasteiger partial charge in [-0.25, -0.2) is 9.97 Å². The molecule has 1 fully saturated rings. The van der Waals surface area contributed by atoms with Crippen LogP contribution in [-0.2, 0) is 0 Å². The number of hydrogen-bond donors (Lipinski definition) is 0. The SMILES string of the molecule is Cc1cnc(Cl)nc1N(C)C1CCSC1. The van der Waals surface area contributed by atoms with Crippen LogP contribution in [0.4, 0.5) is 5.82 Å². The molecule has 0 aliphatic carbocycles. The van der Waals surface area contributed by atoms with Gasteiger partial charge in [-0.1, -0.05) is 0 Å². The third-order valence-corrected chi connectivity index (χ3v) is 4.03. The molecule has 0 bridgehead atoms. The van der Waals surface area contributed by atoms with Crippen molar-refractivity contribution in [2.24, 2.45) is 0 Å². The lowest BCUT2D eigenvalue weighted by Gasteiger charge is -2.26. The van der Waals surface area contributed by atoms with Gasteiger partial charge in [0.1, 0.15) is 5.82 Å². The first-order valence-corrected chi connectivity index (χ1v) is 6.51. The molecule has 0 amide bonds. The Balaban J connectivity index is 2.23. The molecule has 5 heteroatoms. The molecule has 0 radical (unpaired) electrons. The van der Waals surface area contributed by atoms with Crippen LogP contribution in [0.3, 0.4) is 0 Å². The lowest BCUT2D eigenvalue weighted by atomic mass is 10.2. The van der Waals surface area contributed by atoms with E-state index in [2.05, 4.69) is 21.9 Å². The fourth-order valence-electron chi connectivity index (χ4n) is 1.77. The van der Waals surface area contributed by atoms with E-state index in [1.807, 2.05) is 18.7 Å². The molecule has 82 valence electrons. The molecular weight excluding hydrogens is 230 g/mol. The van der Waals surface area contributed by atoms with Gasteiger partial charge in [0.05, 0.1) is 0 Å². The van der Waals surface area contributed by atoms with E-state index >= 15 is 0 Å². The molecule has 15 heavy (non-hydrogen) atoms. The lowest BCUT2D eigenvalue weighted by Crippen LogP contribution is -2.32. The van der Waals surface area contributed by atoms with Crippen molar-refractivity contribution in [1.29, 1.82) is 0 Å². The third-order valence-electron chi connectivity index (χ3n) is 2.70. The Morgan fingerprint density at radius 3 is 3.07 bits per heavy atom. The topological polar surface area (TPSA) is 29.0 Å². The molecule has 1 saturated heterocycles. The molecule has 1 atom stereocenters. The zero-order chi connectivity index (χ0) is 10.8. The second kappa shape index (κ2) is 4.58. The zero-order valence-corrected chi connectivity index (χ0v) is 10.5. The lowest BCUT2D eigenvalue weighted by molar-refractivity contribution is 0.688. The van der Waals surface area contributed by atoms with Crippen molar-refractivity contribution in [3.63, 3.8) is 0 Å². The number of hydrogen-bond acceptors (Lipinski definition) is 4. The first kappa shape index (κ1) is 11.0. The monoisotopic (exact) mass is 243 g/mol. The van der Waals surface area contributed by atoms with Crippen molar-refractivity contribution in [2.45, 2.75) is 19.4 Å². The predicted octanol–water partition coefficient (Wildman–Crippen LogP) is 2.38. The highest BCUT2D eigenvalue weighted by Gasteiger charge is 2.22. The molecule has 2 rings (SSSR count). The van der Waals surface area contributed by atoms with E-state index in [-0.39, 0.29) is 0 Å². The van der Waals surface area contributed by atoms with Crippen LogP contribution in [0.25, 0.3) is 0 Å².